The minimum atomic E-state index is 0.592. The normalized spacial score (nSPS) is 12.3. The highest BCUT2D eigenvalue weighted by atomic mass is 15.5. The molecule has 1 aliphatic heterocycles. The van der Waals surface area contributed by atoms with Crippen LogP contribution in [0.1, 0.15) is 34.2 Å². The monoisotopic (exact) mass is 602 g/mol. The Hall–Kier alpha value is -6.83. The van der Waals surface area contributed by atoms with Gasteiger partial charge in [-0.1, -0.05) is 97.1 Å². The molecule has 0 saturated heterocycles. The van der Waals surface area contributed by atoms with Crippen molar-refractivity contribution < 1.29 is 0 Å². The summed E-state index contributed by atoms with van der Waals surface area (Å²) < 4.78 is 0. The van der Waals surface area contributed by atoms with Gasteiger partial charge in [0.2, 0.25) is 0 Å². The van der Waals surface area contributed by atoms with Gasteiger partial charge in [-0.15, -0.1) is 15.3 Å². The highest BCUT2D eigenvalue weighted by Crippen LogP contribution is 2.38. The van der Waals surface area contributed by atoms with Crippen LogP contribution in [0.5, 0.6) is 0 Å². The molecule has 0 spiro atoms. The molecule has 4 aromatic carbocycles. The fourth-order valence-corrected chi connectivity index (χ4v) is 5.42. The van der Waals surface area contributed by atoms with Crippen LogP contribution in [0, 0.1) is 0 Å². The van der Waals surface area contributed by atoms with Crippen LogP contribution in [0.25, 0.3) is 45.3 Å². The summed E-state index contributed by atoms with van der Waals surface area (Å²) in [4.78, 5) is 0. The number of nitrogens with zero attached hydrogens (tertiary/aromatic N) is 11. The van der Waals surface area contributed by atoms with Gasteiger partial charge in [0.1, 0.15) is 0 Å². The van der Waals surface area contributed by atoms with Crippen molar-refractivity contribution in [2.75, 3.05) is 0 Å². The molecule has 46 heavy (non-hydrogen) atoms. The van der Waals surface area contributed by atoms with Gasteiger partial charge in [0.25, 0.3) is 0 Å². The molecule has 0 atom stereocenters. The maximum atomic E-state index is 4.28. The number of benzene rings is 4. The van der Waals surface area contributed by atoms with Gasteiger partial charge in [-0.05, 0) is 70.2 Å². The van der Waals surface area contributed by atoms with E-state index in [-0.39, 0.29) is 0 Å². The summed E-state index contributed by atoms with van der Waals surface area (Å²) in [6, 6.07) is 33.0. The largest absolute Gasteiger partial charge is 0.239 e. The predicted octanol–water partition coefficient (Wildman–Crippen LogP) is 4.41. The molecule has 14 nitrogen and oxygen atoms in total. The summed E-state index contributed by atoms with van der Waals surface area (Å²) in [5.74, 6) is 1.78. The first-order valence-corrected chi connectivity index (χ1v) is 14.3. The molecule has 3 aromatic heterocycles. The zero-order valence-corrected chi connectivity index (χ0v) is 23.9. The molecular formula is C32H22N14. The van der Waals surface area contributed by atoms with Crippen molar-refractivity contribution >= 4 is 23.1 Å². The second-order valence-electron chi connectivity index (χ2n) is 10.4. The second kappa shape index (κ2) is 11.7. The van der Waals surface area contributed by atoms with E-state index in [1.165, 1.54) is 0 Å². The fourth-order valence-electron chi connectivity index (χ4n) is 5.42. The van der Waals surface area contributed by atoms with E-state index in [0.717, 1.165) is 61.4 Å². The molecule has 0 saturated carbocycles. The number of H-pyrrole nitrogens is 3. The number of aromatic nitrogens is 12. The number of aromatic amines is 3. The third-order valence-corrected chi connectivity index (χ3v) is 7.68. The Labute approximate surface area is 260 Å². The quantitative estimate of drug-likeness (QED) is 0.212. The van der Waals surface area contributed by atoms with Crippen LogP contribution in [0.2, 0.25) is 0 Å². The van der Waals surface area contributed by atoms with E-state index in [2.05, 4.69) is 133 Å². The van der Waals surface area contributed by atoms with Crippen LogP contribution in [0.15, 0.2) is 107 Å². The van der Waals surface area contributed by atoms with Crippen LogP contribution in [-0.2, 0) is 0 Å². The predicted molar refractivity (Wildman–Crippen MR) is 170 cm³/mol. The lowest BCUT2D eigenvalue weighted by Gasteiger charge is -2.19. The summed E-state index contributed by atoms with van der Waals surface area (Å²) in [5, 5.41) is 51.4. The summed E-state index contributed by atoms with van der Waals surface area (Å²) >= 11 is 0. The summed E-state index contributed by atoms with van der Waals surface area (Å²) in [5.41, 5.74) is 10.7. The number of hydrogen-bond acceptors (Lipinski definition) is 11. The molecule has 0 radical (unpaired) electrons. The van der Waals surface area contributed by atoms with Gasteiger partial charge in [-0.25, -0.2) is 15.3 Å². The first kappa shape index (κ1) is 26.8. The zero-order chi connectivity index (χ0) is 30.7. The molecular weight excluding hydrogens is 580 g/mol. The van der Waals surface area contributed by atoms with E-state index < -0.39 is 0 Å². The molecule has 0 aliphatic carbocycles. The van der Waals surface area contributed by atoms with Gasteiger partial charge in [0, 0.05) is 29.3 Å². The molecule has 8 rings (SSSR count). The summed E-state index contributed by atoms with van der Waals surface area (Å²) in [6.45, 7) is 0. The van der Waals surface area contributed by atoms with Gasteiger partial charge in [-0.3, -0.25) is 0 Å². The van der Waals surface area contributed by atoms with E-state index in [9.17, 15) is 0 Å². The molecule has 220 valence electrons. The van der Waals surface area contributed by atoms with Crippen molar-refractivity contribution in [3.05, 3.63) is 125 Å². The van der Waals surface area contributed by atoms with E-state index in [1.807, 2.05) is 42.6 Å². The lowest BCUT2D eigenvalue weighted by Crippen LogP contribution is -2.01. The van der Waals surface area contributed by atoms with E-state index >= 15 is 0 Å². The van der Waals surface area contributed by atoms with Gasteiger partial charge in [0.15, 0.2) is 17.5 Å². The number of hydrogen-bond donors (Lipinski definition) is 3. The first-order valence-electron chi connectivity index (χ1n) is 14.3. The SMILES string of the molecule is C1=NN=C(c2ccc(C(=C(c3ccc(-c4nnn[nH]4)cc3)c3ccc(-c4nnn[nH]4)cc3)c3ccc(-c4nnn[nH]4)cc3)cc2)C1. The molecule has 0 amide bonds. The minimum Gasteiger partial charge on any atom is -0.239 e. The standard InChI is InChI=1S/C32H22N14/c1-3-20(4-2-19(1)27-17-18-33-34-27)28(21-5-11-24(12-6-21)30-35-41-42-36-30)29(22-7-13-25(14-8-22)31-37-43-44-38-31)23-9-15-26(16-10-23)32-39-45-46-40-32/h1-16,18H,17H2,(H,35,36,41,42)(H,37,38,43,44)(H,39,40,45,46). The van der Waals surface area contributed by atoms with Crippen LogP contribution >= 0.6 is 0 Å². The van der Waals surface area contributed by atoms with Crippen LogP contribution in [0.4, 0.5) is 0 Å². The second-order valence-corrected chi connectivity index (χ2v) is 10.4. The van der Waals surface area contributed by atoms with E-state index in [1.54, 1.807) is 0 Å². The summed E-state index contributed by atoms with van der Waals surface area (Å²) in [7, 11) is 0. The van der Waals surface area contributed by atoms with Crippen LogP contribution < -0.4 is 0 Å². The fraction of sp³-hybridized carbons (Fsp3) is 0.0312. The number of tetrazole rings is 3. The molecule has 0 fully saturated rings. The van der Waals surface area contributed by atoms with Crippen molar-refractivity contribution in [2.45, 2.75) is 6.42 Å². The maximum Gasteiger partial charge on any atom is 0.179 e. The van der Waals surface area contributed by atoms with Gasteiger partial charge in [0.05, 0.1) is 5.71 Å². The lowest BCUT2D eigenvalue weighted by atomic mass is 9.84. The maximum absolute atomic E-state index is 4.28. The number of rotatable bonds is 8. The molecule has 7 aromatic rings. The van der Waals surface area contributed by atoms with Crippen LogP contribution in [0.3, 0.4) is 0 Å². The van der Waals surface area contributed by atoms with E-state index in [0.29, 0.717) is 23.9 Å². The van der Waals surface area contributed by atoms with Crippen LogP contribution in [-0.4, -0.2) is 73.8 Å². The molecule has 14 heteroatoms. The molecule has 0 bridgehead atoms. The topological polar surface area (TPSA) is 188 Å². The Morgan fingerprint density at radius 3 is 1.07 bits per heavy atom. The van der Waals surface area contributed by atoms with Gasteiger partial charge < -0.3 is 0 Å². The van der Waals surface area contributed by atoms with Gasteiger partial charge >= 0.3 is 0 Å². The minimum absolute atomic E-state index is 0.592. The Morgan fingerprint density at radius 2 is 0.783 bits per heavy atom. The molecule has 4 heterocycles. The third kappa shape index (κ3) is 5.15. The van der Waals surface area contributed by atoms with Crippen molar-refractivity contribution in [3.8, 4) is 34.2 Å². The third-order valence-electron chi connectivity index (χ3n) is 7.68. The smallest absolute Gasteiger partial charge is 0.179 e. The first-order chi connectivity index (χ1) is 22.8. The summed E-state index contributed by atoms with van der Waals surface area (Å²) in [6.07, 6.45) is 2.53. The van der Waals surface area contributed by atoms with Crippen molar-refractivity contribution in [1.82, 2.24) is 61.9 Å². The van der Waals surface area contributed by atoms with E-state index in [4.69, 9.17) is 0 Å². The van der Waals surface area contributed by atoms with Crippen molar-refractivity contribution in [1.29, 1.82) is 0 Å². The number of nitrogens with one attached hydrogen (secondary N) is 3. The van der Waals surface area contributed by atoms with Crippen molar-refractivity contribution in [3.63, 3.8) is 0 Å². The zero-order valence-electron chi connectivity index (χ0n) is 23.9. The average molecular weight is 603 g/mol. The Kier molecular flexibility index (Phi) is 6.80. The molecule has 0 unspecified atom stereocenters. The molecule has 3 N–H and O–H groups in total. The average Bonchev–Trinajstić information content (AvgIpc) is 3.96. The highest BCUT2D eigenvalue weighted by Gasteiger charge is 2.19. The van der Waals surface area contributed by atoms with Gasteiger partial charge in [-0.2, -0.15) is 10.2 Å². The Bertz CT molecular complexity index is 2080. The Morgan fingerprint density at radius 1 is 0.435 bits per heavy atom. The van der Waals surface area contributed by atoms with Crippen molar-refractivity contribution in [2.24, 2.45) is 10.2 Å². The molecule has 1 aliphatic rings. The lowest BCUT2D eigenvalue weighted by molar-refractivity contribution is 0.881. The Balaban J connectivity index is 1.33. The highest BCUT2D eigenvalue weighted by molar-refractivity contribution is 6.10.